The third kappa shape index (κ3) is 9.32. The molecule has 0 nitrogen and oxygen atoms in total. The van der Waals surface area contributed by atoms with Gasteiger partial charge < -0.3 is 0 Å². The molecule has 0 aliphatic carbocycles. The minimum Gasteiger partial charge on any atom is -0.139 e. The molecule has 40 heavy (non-hydrogen) atoms. The van der Waals surface area contributed by atoms with E-state index in [2.05, 4.69) is 61.6 Å². The quantitative estimate of drug-likeness (QED) is 0.0816. The van der Waals surface area contributed by atoms with Gasteiger partial charge in [-0.15, -0.1) is 22.7 Å². The van der Waals surface area contributed by atoms with Gasteiger partial charge in [0, 0.05) is 29.7 Å². The molecule has 2 aromatic heterocycles. The molecule has 220 valence electrons. The zero-order valence-corrected chi connectivity index (χ0v) is 27.5. The van der Waals surface area contributed by atoms with E-state index in [-0.39, 0.29) is 0 Å². The predicted octanol–water partition coefficient (Wildman–Crippen LogP) is 14.2. The molecular weight excluding hydrogens is 521 g/mol. The van der Waals surface area contributed by atoms with Gasteiger partial charge in [0.15, 0.2) is 0 Å². The molecule has 0 fully saturated rings. The van der Waals surface area contributed by atoms with E-state index in [0.717, 1.165) is 0 Å². The molecule has 4 aromatic rings. The van der Waals surface area contributed by atoms with Crippen LogP contribution in [0.4, 0.5) is 0 Å². The highest BCUT2D eigenvalue weighted by molar-refractivity contribution is 7.27. The average molecular weight is 577 g/mol. The fraction of sp³-hybridized carbons (Fsp3) is 0.632. The van der Waals surface area contributed by atoms with Gasteiger partial charge in [0.2, 0.25) is 0 Å². The maximum Gasteiger partial charge on any atom is 0.0441 e. The van der Waals surface area contributed by atoms with Crippen molar-refractivity contribution in [2.75, 3.05) is 0 Å². The summed E-state index contributed by atoms with van der Waals surface area (Å²) >= 11 is 4.11. The second-order valence-corrected chi connectivity index (χ2v) is 14.5. The Hall–Kier alpha value is -1.38. The maximum absolute atomic E-state index is 2.47. The van der Waals surface area contributed by atoms with Gasteiger partial charge >= 0.3 is 0 Å². The lowest BCUT2D eigenvalue weighted by Gasteiger charge is -2.07. The molecule has 2 aromatic carbocycles. The number of benzene rings is 2. The zero-order valence-electron chi connectivity index (χ0n) is 25.8. The lowest BCUT2D eigenvalue weighted by Crippen LogP contribution is -1.92. The third-order valence-electron chi connectivity index (χ3n) is 8.92. The molecule has 2 heterocycles. The number of aryl methyl sites for hydroxylation is 2. The van der Waals surface area contributed by atoms with Crippen molar-refractivity contribution in [1.82, 2.24) is 0 Å². The van der Waals surface area contributed by atoms with Crippen LogP contribution in [0.15, 0.2) is 36.4 Å². The van der Waals surface area contributed by atoms with Crippen LogP contribution in [0, 0.1) is 0 Å². The summed E-state index contributed by atoms with van der Waals surface area (Å²) in [6, 6.07) is 13.9. The summed E-state index contributed by atoms with van der Waals surface area (Å²) in [7, 11) is 0. The van der Waals surface area contributed by atoms with Gasteiger partial charge in [0.25, 0.3) is 0 Å². The topological polar surface area (TPSA) is 0 Å². The second kappa shape index (κ2) is 18.2. The van der Waals surface area contributed by atoms with Gasteiger partial charge in [-0.05, 0) is 48.8 Å². The van der Waals surface area contributed by atoms with Crippen LogP contribution in [0.1, 0.15) is 153 Å². The highest BCUT2D eigenvalue weighted by atomic mass is 32.1. The number of hydrogen-bond donors (Lipinski definition) is 0. The predicted molar refractivity (Wildman–Crippen MR) is 186 cm³/mol. The van der Waals surface area contributed by atoms with Crippen LogP contribution in [0.3, 0.4) is 0 Å². The highest BCUT2D eigenvalue weighted by Gasteiger charge is 2.17. The van der Waals surface area contributed by atoms with Crippen molar-refractivity contribution < 1.29 is 0 Å². The third-order valence-corrected chi connectivity index (χ3v) is 11.4. The van der Waals surface area contributed by atoms with Gasteiger partial charge in [0.05, 0.1) is 0 Å². The van der Waals surface area contributed by atoms with Crippen LogP contribution in [0.5, 0.6) is 0 Å². The van der Waals surface area contributed by atoms with E-state index in [1.807, 2.05) is 11.3 Å². The number of unbranched alkanes of at least 4 members (excludes halogenated alkanes) is 18. The first-order valence-corrected chi connectivity index (χ1v) is 18.8. The van der Waals surface area contributed by atoms with Crippen molar-refractivity contribution in [2.45, 2.75) is 155 Å². The second-order valence-electron chi connectivity index (χ2n) is 12.3. The van der Waals surface area contributed by atoms with Crippen molar-refractivity contribution in [3.8, 4) is 0 Å². The van der Waals surface area contributed by atoms with Gasteiger partial charge in [-0.3, -0.25) is 0 Å². The van der Waals surface area contributed by atoms with Crippen LogP contribution >= 0.6 is 22.7 Å². The van der Waals surface area contributed by atoms with E-state index in [1.165, 1.54) is 161 Å². The smallest absolute Gasteiger partial charge is 0.0441 e. The molecule has 0 aliphatic heterocycles. The standard InChI is InChI=1S/C38H56S2/c1-3-5-7-9-11-13-15-17-19-21-25-31-32-29-30-36-37(33-26-23-24-28-35(33)39-36)38(32)40-34(31)27-22-20-18-16-14-12-10-8-6-4-2/h23-24,26,28-30H,3-22,25,27H2,1-2H3. The maximum atomic E-state index is 2.47. The Labute approximate surface area is 254 Å². The molecule has 0 aliphatic rings. The van der Waals surface area contributed by atoms with Crippen molar-refractivity contribution in [1.29, 1.82) is 0 Å². The van der Waals surface area contributed by atoms with E-state index in [1.54, 1.807) is 20.5 Å². The Morgan fingerprint density at radius 1 is 0.450 bits per heavy atom. The first-order chi connectivity index (χ1) is 19.8. The van der Waals surface area contributed by atoms with E-state index in [4.69, 9.17) is 0 Å². The average Bonchev–Trinajstić information content (AvgIpc) is 3.53. The van der Waals surface area contributed by atoms with Crippen LogP contribution in [0.2, 0.25) is 0 Å². The van der Waals surface area contributed by atoms with Gasteiger partial charge in [0.1, 0.15) is 0 Å². The first kappa shape index (κ1) is 31.6. The highest BCUT2D eigenvalue weighted by Crippen LogP contribution is 2.44. The summed E-state index contributed by atoms with van der Waals surface area (Å²) in [5.74, 6) is 0. The molecule has 0 radical (unpaired) electrons. The van der Waals surface area contributed by atoms with Crippen molar-refractivity contribution in [3.63, 3.8) is 0 Å². The van der Waals surface area contributed by atoms with Crippen LogP contribution in [0.25, 0.3) is 30.3 Å². The fourth-order valence-electron chi connectivity index (χ4n) is 6.50. The molecule has 2 heteroatoms. The normalized spacial score (nSPS) is 11.9. The summed E-state index contributed by atoms with van der Waals surface area (Å²) in [5, 5.41) is 4.56. The van der Waals surface area contributed by atoms with Crippen molar-refractivity contribution in [2.24, 2.45) is 0 Å². The molecule has 0 atom stereocenters. The summed E-state index contributed by atoms with van der Waals surface area (Å²) < 4.78 is 4.47. The summed E-state index contributed by atoms with van der Waals surface area (Å²) in [4.78, 5) is 1.70. The van der Waals surface area contributed by atoms with Crippen LogP contribution in [-0.4, -0.2) is 0 Å². The monoisotopic (exact) mass is 576 g/mol. The molecule has 0 amide bonds. The van der Waals surface area contributed by atoms with Crippen LogP contribution in [-0.2, 0) is 12.8 Å². The zero-order chi connectivity index (χ0) is 27.8. The Bertz CT molecular complexity index is 1240. The van der Waals surface area contributed by atoms with Gasteiger partial charge in [-0.25, -0.2) is 0 Å². The van der Waals surface area contributed by atoms with Gasteiger partial charge in [-0.1, -0.05) is 154 Å². The van der Waals surface area contributed by atoms with E-state index >= 15 is 0 Å². The summed E-state index contributed by atoms with van der Waals surface area (Å²) in [5.41, 5.74) is 1.70. The molecule has 0 saturated carbocycles. The van der Waals surface area contributed by atoms with Gasteiger partial charge in [-0.2, -0.15) is 0 Å². The number of rotatable bonds is 22. The fourth-order valence-corrected chi connectivity index (χ4v) is 9.13. The van der Waals surface area contributed by atoms with E-state index in [0.29, 0.717) is 0 Å². The Morgan fingerprint density at radius 2 is 0.975 bits per heavy atom. The Balaban J connectivity index is 1.34. The number of fused-ring (bicyclic) bond motifs is 5. The Kier molecular flexibility index (Phi) is 14.4. The minimum absolute atomic E-state index is 1.27. The first-order valence-electron chi connectivity index (χ1n) is 17.2. The summed E-state index contributed by atoms with van der Waals surface area (Å²) in [6.45, 7) is 4.62. The van der Waals surface area contributed by atoms with Crippen LogP contribution < -0.4 is 0 Å². The SMILES string of the molecule is CCCCCCCCCCCCc1sc2c(ccc3sc4ccccc4c32)c1CCCCCCCCCCCC. The lowest BCUT2D eigenvalue weighted by atomic mass is 9.98. The molecule has 0 unspecified atom stereocenters. The molecule has 0 spiro atoms. The minimum atomic E-state index is 1.27. The lowest BCUT2D eigenvalue weighted by molar-refractivity contribution is 0.554. The molecule has 4 rings (SSSR count). The Morgan fingerprint density at radius 3 is 1.57 bits per heavy atom. The summed E-state index contributed by atoms with van der Waals surface area (Å²) in [6.07, 6.45) is 30.9. The number of hydrogen-bond acceptors (Lipinski definition) is 2. The van der Waals surface area contributed by atoms with E-state index in [9.17, 15) is 0 Å². The van der Waals surface area contributed by atoms with E-state index < -0.39 is 0 Å². The van der Waals surface area contributed by atoms with Crippen molar-refractivity contribution >= 4 is 52.9 Å². The molecular formula is C38H56S2. The molecule has 0 N–H and O–H groups in total. The largest absolute Gasteiger partial charge is 0.139 e. The van der Waals surface area contributed by atoms with Crippen molar-refractivity contribution in [3.05, 3.63) is 46.8 Å². The number of thiophene rings is 2. The molecule has 0 saturated heterocycles. The molecule has 0 bridgehead atoms.